The SMILES string of the molecule is CC(C1=C(C2CCCC2)C(=O)OC1)C1=[N+](C)C(C)(C)C=N1. The minimum atomic E-state index is -0.0896. The Kier molecular flexibility index (Phi) is 3.50. The molecule has 114 valence electrons. The monoisotopic (exact) mass is 289 g/mol. The number of aliphatic imine (C=N–C) groups is 1. The maximum absolute atomic E-state index is 12.2. The zero-order valence-electron chi connectivity index (χ0n) is 13.5. The van der Waals surface area contributed by atoms with E-state index >= 15 is 0 Å². The van der Waals surface area contributed by atoms with E-state index in [1.54, 1.807) is 0 Å². The van der Waals surface area contributed by atoms with E-state index in [1.807, 2.05) is 6.21 Å². The molecule has 2 aliphatic heterocycles. The number of carbonyl (C=O) groups is 1. The van der Waals surface area contributed by atoms with Gasteiger partial charge in [0.05, 0.1) is 13.0 Å². The molecule has 4 nitrogen and oxygen atoms in total. The zero-order chi connectivity index (χ0) is 15.2. The Labute approximate surface area is 126 Å². The summed E-state index contributed by atoms with van der Waals surface area (Å²) in [6.07, 6.45) is 6.70. The number of hydrogen-bond donors (Lipinski definition) is 0. The first-order chi connectivity index (χ1) is 9.92. The fourth-order valence-electron chi connectivity index (χ4n) is 3.68. The third-order valence-electron chi connectivity index (χ3n) is 5.32. The summed E-state index contributed by atoms with van der Waals surface area (Å²) in [7, 11) is 2.08. The lowest BCUT2D eigenvalue weighted by Crippen LogP contribution is -2.35. The normalized spacial score (nSPS) is 27.0. The standard InChI is InChI=1S/C17H25N2O2/c1-11(15-18-10-17(2,3)19(15)4)13-9-21-16(20)14(13)12-7-5-6-8-12/h10-12H,5-9H2,1-4H3/q+1. The van der Waals surface area contributed by atoms with Crippen molar-refractivity contribution in [2.75, 3.05) is 13.7 Å². The number of hydrogen-bond acceptors (Lipinski definition) is 3. The van der Waals surface area contributed by atoms with Gasteiger partial charge in [-0.1, -0.05) is 17.8 Å². The van der Waals surface area contributed by atoms with Crippen LogP contribution in [-0.4, -0.2) is 41.8 Å². The van der Waals surface area contributed by atoms with Gasteiger partial charge in [0.2, 0.25) is 0 Å². The molecule has 0 amide bonds. The molecule has 1 fully saturated rings. The van der Waals surface area contributed by atoms with Crippen LogP contribution < -0.4 is 0 Å². The van der Waals surface area contributed by atoms with Gasteiger partial charge in [-0.15, -0.1) is 0 Å². The summed E-state index contributed by atoms with van der Waals surface area (Å²) in [5.74, 6) is 1.51. The van der Waals surface area contributed by atoms with Gasteiger partial charge in [0.25, 0.3) is 0 Å². The van der Waals surface area contributed by atoms with Crippen LogP contribution in [0.2, 0.25) is 0 Å². The molecule has 0 aromatic rings. The molecule has 4 heteroatoms. The van der Waals surface area contributed by atoms with Crippen LogP contribution in [0.4, 0.5) is 0 Å². The van der Waals surface area contributed by atoms with Gasteiger partial charge in [-0.3, -0.25) is 4.58 Å². The fraction of sp³-hybridized carbons (Fsp3) is 0.706. The van der Waals surface area contributed by atoms with Gasteiger partial charge >= 0.3 is 11.8 Å². The molecule has 1 unspecified atom stereocenters. The first-order valence-electron chi connectivity index (χ1n) is 7.98. The highest BCUT2D eigenvalue weighted by Gasteiger charge is 2.42. The molecule has 0 bridgehead atoms. The summed E-state index contributed by atoms with van der Waals surface area (Å²) in [6, 6.07) is 0. The molecular formula is C17H25N2O2+. The number of amidine groups is 1. The van der Waals surface area contributed by atoms with E-state index in [4.69, 9.17) is 4.74 Å². The van der Waals surface area contributed by atoms with Gasteiger partial charge in [-0.2, -0.15) is 0 Å². The van der Waals surface area contributed by atoms with E-state index < -0.39 is 0 Å². The Hall–Kier alpha value is -1.45. The third-order valence-corrected chi connectivity index (χ3v) is 5.32. The van der Waals surface area contributed by atoms with Crippen molar-refractivity contribution >= 4 is 18.0 Å². The van der Waals surface area contributed by atoms with E-state index in [0.29, 0.717) is 12.5 Å². The van der Waals surface area contributed by atoms with Crippen molar-refractivity contribution in [1.82, 2.24) is 0 Å². The van der Waals surface area contributed by atoms with Crippen molar-refractivity contribution in [3.05, 3.63) is 11.1 Å². The van der Waals surface area contributed by atoms with Gasteiger partial charge in [0.1, 0.15) is 6.61 Å². The molecule has 3 rings (SSSR count). The zero-order valence-corrected chi connectivity index (χ0v) is 13.5. The first-order valence-corrected chi connectivity index (χ1v) is 7.98. The molecule has 1 atom stereocenters. The second-order valence-corrected chi connectivity index (χ2v) is 7.05. The molecule has 3 aliphatic rings. The predicted octanol–water partition coefficient (Wildman–Crippen LogP) is 2.57. The number of rotatable bonds is 3. The van der Waals surface area contributed by atoms with Crippen LogP contribution in [0, 0.1) is 11.8 Å². The van der Waals surface area contributed by atoms with E-state index in [9.17, 15) is 4.79 Å². The molecule has 1 saturated carbocycles. The van der Waals surface area contributed by atoms with Gasteiger partial charge in [0.15, 0.2) is 11.8 Å². The molecule has 0 spiro atoms. The highest BCUT2D eigenvalue weighted by molar-refractivity contribution is 5.98. The van der Waals surface area contributed by atoms with Crippen molar-refractivity contribution < 1.29 is 14.1 Å². The lowest BCUT2D eigenvalue weighted by atomic mass is 9.88. The Bertz CT molecular complexity index is 563. The van der Waals surface area contributed by atoms with Crippen molar-refractivity contribution in [3.8, 4) is 0 Å². The highest BCUT2D eigenvalue weighted by Crippen LogP contribution is 2.38. The average molecular weight is 289 g/mol. The summed E-state index contributed by atoms with van der Waals surface area (Å²) >= 11 is 0. The number of cyclic esters (lactones) is 1. The average Bonchev–Trinajstić information content (AvgIpc) is 3.11. The van der Waals surface area contributed by atoms with Gasteiger partial charge in [-0.25, -0.2) is 4.79 Å². The molecule has 0 aromatic carbocycles. The molecule has 0 radical (unpaired) electrons. The van der Waals surface area contributed by atoms with Crippen molar-refractivity contribution in [2.45, 2.75) is 52.0 Å². The summed E-state index contributed by atoms with van der Waals surface area (Å²) in [6.45, 7) is 6.90. The smallest absolute Gasteiger partial charge is 0.334 e. The van der Waals surface area contributed by atoms with Crippen LogP contribution >= 0.6 is 0 Å². The third kappa shape index (κ3) is 2.34. The van der Waals surface area contributed by atoms with Crippen molar-refractivity contribution in [3.63, 3.8) is 0 Å². The van der Waals surface area contributed by atoms with Gasteiger partial charge in [0, 0.05) is 5.57 Å². The van der Waals surface area contributed by atoms with Gasteiger partial charge in [-0.05, 0) is 45.1 Å². The largest absolute Gasteiger partial charge is 0.458 e. The number of esters is 1. The molecule has 0 aromatic heterocycles. The predicted molar refractivity (Wildman–Crippen MR) is 82.9 cm³/mol. The van der Waals surface area contributed by atoms with Crippen LogP contribution in [0.1, 0.15) is 46.5 Å². The van der Waals surface area contributed by atoms with E-state index in [1.165, 1.54) is 12.8 Å². The van der Waals surface area contributed by atoms with E-state index in [0.717, 1.165) is 29.8 Å². The van der Waals surface area contributed by atoms with Gasteiger partial charge < -0.3 is 4.74 Å². The molecule has 1 aliphatic carbocycles. The lowest BCUT2D eigenvalue weighted by molar-refractivity contribution is -0.550. The molecule has 2 heterocycles. The Morgan fingerprint density at radius 3 is 2.62 bits per heavy atom. The number of carbonyl (C=O) groups excluding carboxylic acids is 1. The maximum Gasteiger partial charge on any atom is 0.334 e. The first kappa shape index (κ1) is 14.5. The van der Waals surface area contributed by atoms with Crippen LogP contribution in [-0.2, 0) is 9.53 Å². The lowest BCUT2D eigenvalue weighted by Gasteiger charge is -2.16. The van der Waals surface area contributed by atoms with Crippen LogP contribution in [0.15, 0.2) is 16.1 Å². The second kappa shape index (κ2) is 5.08. The minimum Gasteiger partial charge on any atom is -0.458 e. The number of nitrogens with zero attached hydrogens (tertiary/aromatic N) is 2. The number of ether oxygens (including phenoxy) is 1. The molecular weight excluding hydrogens is 264 g/mol. The van der Waals surface area contributed by atoms with Crippen molar-refractivity contribution in [1.29, 1.82) is 0 Å². The summed E-state index contributed by atoms with van der Waals surface area (Å²) in [4.78, 5) is 16.8. The quantitative estimate of drug-likeness (QED) is 0.592. The Balaban J connectivity index is 1.96. The maximum atomic E-state index is 12.2. The van der Waals surface area contributed by atoms with E-state index in [-0.39, 0.29) is 17.4 Å². The van der Waals surface area contributed by atoms with Crippen LogP contribution in [0.25, 0.3) is 0 Å². The summed E-state index contributed by atoms with van der Waals surface area (Å²) < 4.78 is 7.57. The Morgan fingerprint density at radius 1 is 1.38 bits per heavy atom. The van der Waals surface area contributed by atoms with E-state index in [2.05, 4.69) is 37.4 Å². The van der Waals surface area contributed by atoms with Crippen LogP contribution in [0.3, 0.4) is 0 Å². The molecule has 21 heavy (non-hydrogen) atoms. The molecule has 0 N–H and O–H groups in total. The van der Waals surface area contributed by atoms with Crippen LogP contribution in [0.5, 0.6) is 0 Å². The second-order valence-electron chi connectivity index (χ2n) is 7.05. The topological polar surface area (TPSA) is 41.7 Å². The minimum absolute atomic E-state index is 0.0544. The Morgan fingerprint density at radius 2 is 2.05 bits per heavy atom. The summed E-state index contributed by atoms with van der Waals surface area (Å²) in [5, 5.41) is 0. The van der Waals surface area contributed by atoms with Crippen molar-refractivity contribution in [2.24, 2.45) is 16.8 Å². The summed E-state index contributed by atoms with van der Waals surface area (Å²) in [5.41, 5.74) is 2.06. The fourth-order valence-corrected chi connectivity index (χ4v) is 3.68. The highest BCUT2D eigenvalue weighted by atomic mass is 16.5. The molecule has 0 saturated heterocycles.